The Morgan fingerprint density at radius 2 is 2.33 bits per heavy atom. The van der Waals surface area contributed by atoms with Gasteiger partial charge in [-0.3, -0.25) is 0 Å². The molecule has 5 heteroatoms. The maximum atomic E-state index is 4.12. The van der Waals surface area contributed by atoms with Gasteiger partial charge in [0, 0.05) is 11.3 Å². The van der Waals surface area contributed by atoms with Gasteiger partial charge in [0.2, 0.25) is 5.13 Å². The van der Waals surface area contributed by atoms with Crippen LogP contribution < -0.4 is 5.32 Å². The first-order chi connectivity index (χ1) is 7.29. The largest absolute Gasteiger partial charge is 0.356 e. The minimum absolute atomic E-state index is 0.599. The molecule has 15 heavy (non-hydrogen) atoms. The van der Waals surface area contributed by atoms with E-state index in [1.807, 2.05) is 6.92 Å². The Hall–Kier alpha value is -0.290. The summed E-state index contributed by atoms with van der Waals surface area (Å²) >= 11 is 3.72. The van der Waals surface area contributed by atoms with Crippen LogP contribution in [0.3, 0.4) is 0 Å². The van der Waals surface area contributed by atoms with E-state index in [1.165, 1.54) is 25.0 Å². The lowest BCUT2D eigenvalue weighted by Crippen LogP contribution is -2.26. The second-order valence-electron chi connectivity index (χ2n) is 3.80. The molecule has 1 fully saturated rings. The Bertz CT molecular complexity index is 313. The Balaban J connectivity index is 1.93. The van der Waals surface area contributed by atoms with Gasteiger partial charge >= 0.3 is 0 Å². The van der Waals surface area contributed by atoms with Crippen molar-refractivity contribution in [2.75, 3.05) is 11.1 Å². The van der Waals surface area contributed by atoms with Gasteiger partial charge < -0.3 is 5.32 Å². The van der Waals surface area contributed by atoms with Gasteiger partial charge in [-0.1, -0.05) is 24.7 Å². The maximum absolute atomic E-state index is 4.12. The first-order valence-electron chi connectivity index (χ1n) is 5.48. The van der Waals surface area contributed by atoms with Crippen molar-refractivity contribution in [3.05, 3.63) is 5.01 Å². The topological polar surface area (TPSA) is 37.8 Å². The predicted molar refractivity (Wildman–Crippen MR) is 67.8 cm³/mol. The van der Waals surface area contributed by atoms with Crippen molar-refractivity contribution in [3.63, 3.8) is 0 Å². The third-order valence-electron chi connectivity index (χ3n) is 2.67. The summed E-state index contributed by atoms with van der Waals surface area (Å²) in [6.07, 6.45) is 3.96. The fourth-order valence-corrected chi connectivity index (χ4v) is 3.87. The van der Waals surface area contributed by atoms with Crippen molar-refractivity contribution in [1.82, 2.24) is 10.2 Å². The first-order valence-corrected chi connectivity index (χ1v) is 7.34. The van der Waals surface area contributed by atoms with Crippen LogP contribution in [0.1, 0.15) is 31.2 Å². The van der Waals surface area contributed by atoms with Crippen LogP contribution in [0.4, 0.5) is 5.13 Å². The smallest absolute Gasteiger partial charge is 0.205 e. The summed E-state index contributed by atoms with van der Waals surface area (Å²) in [5.41, 5.74) is 0. The summed E-state index contributed by atoms with van der Waals surface area (Å²) in [6, 6.07) is 0.599. The zero-order valence-corrected chi connectivity index (χ0v) is 10.8. The SMILES string of the molecule is CCS[C@H]1CCC[C@@H]1Nc1nnc(C)s1. The Morgan fingerprint density at radius 3 is 3.00 bits per heavy atom. The highest BCUT2D eigenvalue weighted by atomic mass is 32.2. The van der Waals surface area contributed by atoms with Crippen LogP contribution in [-0.4, -0.2) is 27.2 Å². The number of nitrogens with zero attached hydrogens (tertiary/aromatic N) is 2. The summed E-state index contributed by atoms with van der Waals surface area (Å²) in [6.45, 7) is 4.23. The summed E-state index contributed by atoms with van der Waals surface area (Å²) < 4.78 is 0. The van der Waals surface area contributed by atoms with E-state index >= 15 is 0 Å². The molecule has 0 aromatic carbocycles. The minimum Gasteiger partial charge on any atom is -0.356 e. The highest BCUT2D eigenvalue weighted by Gasteiger charge is 2.27. The molecule has 2 atom stereocenters. The van der Waals surface area contributed by atoms with Gasteiger partial charge in [0.25, 0.3) is 0 Å². The van der Waals surface area contributed by atoms with Crippen molar-refractivity contribution in [2.45, 2.75) is 44.4 Å². The molecule has 1 saturated carbocycles. The highest BCUT2D eigenvalue weighted by molar-refractivity contribution is 7.99. The molecule has 1 aliphatic rings. The zero-order chi connectivity index (χ0) is 10.7. The van der Waals surface area contributed by atoms with Crippen LogP contribution in [0.2, 0.25) is 0 Å². The number of hydrogen-bond donors (Lipinski definition) is 1. The molecule has 1 aromatic heterocycles. The van der Waals surface area contributed by atoms with E-state index in [0.29, 0.717) is 6.04 Å². The average molecular weight is 243 g/mol. The molecule has 0 aliphatic heterocycles. The van der Waals surface area contributed by atoms with E-state index in [-0.39, 0.29) is 0 Å². The summed E-state index contributed by atoms with van der Waals surface area (Å²) in [5, 5.41) is 14.5. The zero-order valence-electron chi connectivity index (χ0n) is 9.19. The quantitative estimate of drug-likeness (QED) is 0.882. The predicted octanol–water partition coefficient (Wildman–Crippen LogP) is 2.93. The molecule has 0 amide bonds. The third kappa shape index (κ3) is 2.84. The third-order valence-corrected chi connectivity index (χ3v) is 4.76. The molecule has 0 unspecified atom stereocenters. The van der Waals surface area contributed by atoms with E-state index in [4.69, 9.17) is 0 Å². The van der Waals surface area contributed by atoms with Crippen molar-refractivity contribution in [3.8, 4) is 0 Å². The van der Waals surface area contributed by atoms with Crippen LogP contribution in [0.5, 0.6) is 0 Å². The van der Waals surface area contributed by atoms with Crippen LogP contribution in [-0.2, 0) is 0 Å². The second kappa shape index (κ2) is 5.16. The number of thioether (sulfide) groups is 1. The fourth-order valence-electron chi connectivity index (χ4n) is 2.02. The van der Waals surface area contributed by atoms with Crippen molar-refractivity contribution >= 4 is 28.2 Å². The van der Waals surface area contributed by atoms with Crippen LogP contribution in [0.25, 0.3) is 0 Å². The number of rotatable bonds is 4. The highest BCUT2D eigenvalue weighted by Crippen LogP contribution is 2.32. The Kier molecular flexibility index (Phi) is 3.86. The van der Waals surface area contributed by atoms with Gasteiger partial charge in [-0.25, -0.2) is 0 Å². The number of nitrogens with one attached hydrogen (secondary N) is 1. The lowest BCUT2D eigenvalue weighted by atomic mass is 10.2. The number of aryl methyl sites for hydroxylation is 1. The van der Waals surface area contributed by atoms with E-state index in [9.17, 15) is 0 Å². The summed E-state index contributed by atoms with van der Waals surface area (Å²) in [5.74, 6) is 1.21. The average Bonchev–Trinajstić information content (AvgIpc) is 2.78. The lowest BCUT2D eigenvalue weighted by molar-refractivity contribution is 0.763. The van der Waals surface area contributed by atoms with E-state index in [2.05, 4.69) is 34.2 Å². The molecule has 2 rings (SSSR count). The van der Waals surface area contributed by atoms with Gasteiger partial charge in [-0.2, -0.15) is 11.8 Å². The molecule has 0 spiro atoms. The first kappa shape index (κ1) is 11.2. The van der Waals surface area contributed by atoms with E-state index < -0.39 is 0 Å². The molecule has 0 radical (unpaired) electrons. The fraction of sp³-hybridized carbons (Fsp3) is 0.800. The number of anilines is 1. The molecule has 84 valence electrons. The molecule has 1 heterocycles. The molecule has 3 nitrogen and oxygen atoms in total. The van der Waals surface area contributed by atoms with Gasteiger partial charge in [0.05, 0.1) is 0 Å². The van der Waals surface area contributed by atoms with E-state index in [0.717, 1.165) is 15.4 Å². The Morgan fingerprint density at radius 1 is 1.47 bits per heavy atom. The van der Waals surface area contributed by atoms with Crippen LogP contribution in [0.15, 0.2) is 0 Å². The summed E-state index contributed by atoms with van der Waals surface area (Å²) in [4.78, 5) is 0. The van der Waals surface area contributed by atoms with Crippen LogP contribution in [0, 0.1) is 6.92 Å². The van der Waals surface area contributed by atoms with Crippen molar-refractivity contribution in [1.29, 1.82) is 0 Å². The Labute approximate surface area is 99.1 Å². The van der Waals surface area contributed by atoms with Gasteiger partial charge in [0.15, 0.2) is 0 Å². The van der Waals surface area contributed by atoms with Crippen LogP contribution >= 0.6 is 23.1 Å². The molecule has 1 aliphatic carbocycles. The number of hydrogen-bond acceptors (Lipinski definition) is 5. The lowest BCUT2D eigenvalue weighted by Gasteiger charge is -2.19. The monoisotopic (exact) mass is 243 g/mol. The van der Waals surface area contributed by atoms with Gasteiger partial charge in [0.1, 0.15) is 5.01 Å². The molecular weight excluding hydrogens is 226 g/mol. The van der Waals surface area contributed by atoms with Crippen molar-refractivity contribution < 1.29 is 0 Å². The molecular formula is C10H17N3S2. The molecule has 1 N–H and O–H groups in total. The maximum Gasteiger partial charge on any atom is 0.205 e. The van der Waals surface area contributed by atoms with Crippen molar-refractivity contribution in [2.24, 2.45) is 0 Å². The molecule has 0 bridgehead atoms. The number of aromatic nitrogens is 2. The molecule has 1 aromatic rings. The van der Waals surface area contributed by atoms with Gasteiger partial charge in [-0.15, -0.1) is 10.2 Å². The van der Waals surface area contributed by atoms with Gasteiger partial charge in [-0.05, 0) is 25.5 Å². The minimum atomic E-state index is 0.599. The normalized spacial score (nSPS) is 25.7. The molecule has 0 saturated heterocycles. The summed E-state index contributed by atoms with van der Waals surface area (Å²) in [7, 11) is 0. The second-order valence-corrected chi connectivity index (χ2v) is 6.50. The van der Waals surface area contributed by atoms with E-state index in [1.54, 1.807) is 11.3 Å². The standard InChI is InChI=1S/C10H17N3S2/c1-3-14-9-6-4-5-8(9)11-10-13-12-7(2)15-10/h8-9H,3-6H2,1-2H3,(H,11,13)/t8-,9-/m0/s1.